The third-order valence-electron chi connectivity index (χ3n) is 2.42. The van der Waals surface area contributed by atoms with Gasteiger partial charge in [-0.25, -0.2) is 0 Å². The fraction of sp³-hybridized carbons (Fsp3) is 0.333. The van der Waals surface area contributed by atoms with Gasteiger partial charge in [0.1, 0.15) is 6.54 Å². The van der Waals surface area contributed by atoms with Gasteiger partial charge in [-0.3, -0.25) is 9.59 Å². The fourth-order valence-corrected chi connectivity index (χ4v) is 1.38. The van der Waals surface area contributed by atoms with Gasteiger partial charge < -0.3 is 16.0 Å². The van der Waals surface area contributed by atoms with E-state index in [4.69, 9.17) is 5.73 Å². The molecule has 0 atom stereocenters. The van der Waals surface area contributed by atoms with E-state index >= 15 is 0 Å². The number of nitrogen functional groups attached to an aromatic ring is 1. The van der Waals surface area contributed by atoms with E-state index in [1.807, 2.05) is 0 Å². The van der Waals surface area contributed by atoms with Crippen molar-refractivity contribution in [2.75, 3.05) is 25.9 Å². The predicted octanol–water partition coefficient (Wildman–Crippen LogP) is 1.02. The lowest BCUT2D eigenvalue weighted by atomic mass is 10.2. The number of carbonyl (C=O) groups is 2. The normalized spacial score (nSPS) is 11.0. The predicted molar refractivity (Wildman–Crippen MR) is 66.9 cm³/mol. The van der Waals surface area contributed by atoms with Gasteiger partial charge in [0.2, 0.25) is 5.91 Å². The third-order valence-corrected chi connectivity index (χ3v) is 2.42. The van der Waals surface area contributed by atoms with Crippen molar-refractivity contribution in [3.05, 3.63) is 29.8 Å². The van der Waals surface area contributed by atoms with Gasteiger partial charge in [0.25, 0.3) is 5.91 Å². The van der Waals surface area contributed by atoms with E-state index in [2.05, 4.69) is 5.32 Å². The number of anilines is 1. The van der Waals surface area contributed by atoms with Crippen LogP contribution < -0.4 is 11.1 Å². The summed E-state index contributed by atoms with van der Waals surface area (Å²) in [6.07, 6.45) is -4.47. The monoisotopic (exact) mass is 289 g/mol. The van der Waals surface area contributed by atoms with Gasteiger partial charge in [-0.05, 0) is 24.3 Å². The molecule has 0 spiro atoms. The summed E-state index contributed by atoms with van der Waals surface area (Å²) in [5, 5.41) is 2.25. The number of hydrogen-bond donors (Lipinski definition) is 2. The number of nitrogens with two attached hydrogens (primary N) is 1. The van der Waals surface area contributed by atoms with Crippen LogP contribution in [-0.4, -0.2) is 43.0 Å². The molecule has 0 heterocycles. The molecule has 0 aliphatic heterocycles. The highest BCUT2D eigenvalue weighted by Gasteiger charge is 2.31. The number of likely N-dealkylation sites (N-methyl/N-ethyl adjacent to an activating group) is 1. The van der Waals surface area contributed by atoms with Crippen molar-refractivity contribution >= 4 is 17.5 Å². The SMILES string of the molecule is CN(CC(F)(F)F)C(=O)CNC(=O)c1ccc(N)cc1. The van der Waals surface area contributed by atoms with Gasteiger partial charge >= 0.3 is 6.18 Å². The van der Waals surface area contributed by atoms with Gasteiger partial charge in [-0.15, -0.1) is 0 Å². The topological polar surface area (TPSA) is 75.4 Å². The first kappa shape index (κ1) is 15.8. The molecule has 5 nitrogen and oxygen atoms in total. The molecule has 0 saturated carbocycles. The van der Waals surface area contributed by atoms with Gasteiger partial charge in [0, 0.05) is 18.3 Å². The highest BCUT2D eigenvalue weighted by molar-refractivity contribution is 5.96. The third kappa shape index (κ3) is 5.17. The van der Waals surface area contributed by atoms with Crippen LogP contribution in [0.15, 0.2) is 24.3 Å². The molecule has 1 aromatic rings. The Morgan fingerprint density at radius 1 is 1.25 bits per heavy atom. The van der Waals surface area contributed by atoms with Crippen molar-refractivity contribution < 1.29 is 22.8 Å². The molecule has 110 valence electrons. The summed E-state index contributed by atoms with van der Waals surface area (Å²) in [6, 6.07) is 5.92. The zero-order chi connectivity index (χ0) is 15.3. The van der Waals surface area contributed by atoms with Crippen LogP contribution >= 0.6 is 0 Å². The molecule has 20 heavy (non-hydrogen) atoms. The van der Waals surface area contributed by atoms with Crippen molar-refractivity contribution in [2.45, 2.75) is 6.18 Å². The fourth-order valence-electron chi connectivity index (χ4n) is 1.38. The Hall–Kier alpha value is -2.25. The second kappa shape index (κ2) is 6.27. The largest absolute Gasteiger partial charge is 0.406 e. The van der Waals surface area contributed by atoms with Crippen LogP contribution in [0.5, 0.6) is 0 Å². The van der Waals surface area contributed by atoms with E-state index in [0.29, 0.717) is 10.6 Å². The maximum atomic E-state index is 12.1. The molecule has 2 amide bonds. The number of nitrogens with zero attached hydrogens (tertiary/aromatic N) is 1. The highest BCUT2D eigenvalue weighted by atomic mass is 19.4. The summed E-state index contributed by atoms with van der Waals surface area (Å²) in [5.74, 6) is -1.38. The molecule has 8 heteroatoms. The number of halogens is 3. The molecule has 1 rings (SSSR count). The van der Waals surface area contributed by atoms with Crippen LogP contribution in [-0.2, 0) is 4.79 Å². The Balaban J connectivity index is 2.48. The second-order valence-corrected chi connectivity index (χ2v) is 4.17. The van der Waals surface area contributed by atoms with Crippen molar-refractivity contribution in [2.24, 2.45) is 0 Å². The average Bonchev–Trinajstić information content (AvgIpc) is 2.34. The summed E-state index contributed by atoms with van der Waals surface area (Å²) in [6.45, 7) is -1.86. The standard InChI is InChI=1S/C12H14F3N3O2/c1-18(7-12(13,14)15)10(19)6-17-11(20)8-2-4-9(16)5-3-8/h2-5H,6-7,16H2,1H3,(H,17,20). The van der Waals surface area contributed by atoms with Crippen LogP contribution in [0.3, 0.4) is 0 Å². The minimum absolute atomic E-state index is 0.269. The molecule has 0 bridgehead atoms. The number of alkyl halides is 3. The maximum Gasteiger partial charge on any atom is 0.406 e. The lowest BCUT2D eigenvalue weighted by Crippen LogP contribution is -2.42. The molecule has 1 aromatic carbocycles. The molecular weight excluding hydrogens is 275 g/mol. The molecule has 0 aliphatic rings. The van der Waals surface area contributed by atoms with Crippen LogP contribution in [0.25, 0.3) is 0 Å². The summed E-state index contributed by atoms with van der Waals surface area (Å²) >= 11 is 0. The molecule has 0 unspecified atom stereocenters. The van der Waals surface area contributed by atoms with Crippen molar-refractivity contribution in [3.63, 3.8) is 0 Å². The van der Waals surface area contributed by atoms with E-state index in [1.165, 1.54) is 24.3 Å². The number of nitrogens with one attached hydrogen (secondary N) is 1. The summed E-state index contributed by atoms with van der Waals surface area (Å²) in [5.41, 5.74) is 6.19. The minimum atomic E-state index is -4.47. The Morgan fingerprint density at radius 2 is 1.80 bits per heavy atom. The van der Waals surface area contributed by atoms with Crippen LogP contribution in [0.1, 0.15) is 10.4 Å². The van der Waals surface area contributed by atoms with Gasteiger partial charge in [-0.2, -0.15) is 13.2 Å². The van der Waals surface area contributed by atoms with Crippen molar-refractivity contribution in [3.8, 4) is 0 Å². The maximum absolute atomic E-state index is 12.1. The first-order valence-electron chi connectivity index (χ1n) is 5.63. The van der Waals surface area contributed by atoms with Crippen LogP contribution in [0, 0.1) is 0 Å². The van der Waals surface area contributed by atoms with Gasteiger partial charge in [0.05, 0.1) is 6.54 Å². The molecule has 0 saturated heterocycles. The molecule has 0 fully saturated rings. The van der Waals surface area contributed by atoms with E-state index < -0.39 is 31.1 Å². The zero-order valence-corrected chi connectivity index (χ0v) is 10.7. The van der Waals surface area contributed by atoms with Crippen molar-refractivity contribution in [1.82, 2.24) is 10.2 Å². The van der Waals surface area contributed by atoms with E-state index in [9.17, 15) is 22.8 Å². The summed E-state index contributed by atoms with van der Waals surface area (Å²) in [7, 11) is 1.02. The molecule has 3 N–H and O–H groups in total. The van der Waals surface area contributed by atoms with Gasteiger partial charge in [-0.1, -0.05) is 0 Å². The second-order valence-electron chi connectivity index (χ2n) is 4.17. The number of rotatable bonds is 4. The summed E-state index contributed by atoms with van der Waals surface area (Å²) in [4.78, 5) is 23.5. The highest BCUT2D eigenvalue weighted by Crippen LogP contribution is 2.15. The molecular formula is C12H14F3N3O2. The van der Waals surface area contributed by atoms with Crippen LogP contribution in [0.4, 0.5) is 18.9 Å². The lowest BCUT2D eigenvalue weighted by molar-refractivity contribution is -0.157. The average molecular weight is 289 g/mol. The Kier molecular flexibility index (Phi) is 4.95. The quantitative estimate of drug-likeness (QED) is 0.813. The molecule has 0 aromatic heterocycles. The Labute approximate surface area is 113 Å². The molecule has 0 radical (unpaired) electrons. The first-order valence-corrected chi connectivity index (χ1v) is 5.63. The number of hydrogen-bond acceptors (Lipinski definition) is 3. The van der Waals surface area contributed by atoms with E-state index in [1.54, 1.807) is 0 Å². The van der Waals surface area contributed by atoms with E-state index in [-0.39, 0.29) is 5.56 Å². The number of amides is 2. The van der Waals surface area contributed by atoms with Crippen molar-refractivity contribution in [1.29, 1.82) is 0 Å². The van der Waals surface area contributed by atoms with E-state index in [0.717, 1.165) is 7.05 Å². The zero-order valence-electron chi connectivity index (χ0n) is 10.7. The smallest absolute Gasteiger partial charge is 0.399 e. The van der Waals surface area contributed by atoms with Gasteiger partial charge in [0.15, 0.2) is 0 Å². The Morgan fingerprint density at radius 3 is 2.30 bits per heavy atom. The molecule has 0 aliphatic carbocycles. The number of carbonyl (C=O) groups excluding carboxylic acids is 2. The number of benzene rings is 1. The van der Waals surface area contributed by atoms with Crippen LogP contribution in [0.2, 0.25) is 0 Å². The first-order chi connectivity index (χ1) is 9.19. The lowest BCUT2D eigenvalue weighted by Gasteiger charge is -2.19. The summed E-state index contributed by atoms with van der Waals surface area (Å²) < 4.78 is 36.2. The Bertz CT molecular complexity index is 486. The minimum Gasteiger partial charge on any atom is -0.399 e.